The van der Waals surface area contributed by atoms with Crippen LogP contribution in [0.1, 0.15) is 44.3 Å². The summed E-state index contributed by atoms with van der Waals surface area (Å²) in [4.78, 5) is 16.4. The molecule has 1 heterocycles. The van der Waals surface area contributed by atoms with E-state index in [-0.39, 0.29) is 11.9 Å². The molecule has 1 aromatic heterocycles. The highest BCUT2D eigenvalue weighted by Gasteiger charge is 2.27. The van der Waals surface area contributed by atoms with E-state index in [2.05, 4.69) is 20.5 Å². The predicted octanol–water partition coefficient (Wildman–Crippen LogP) is 2.42. The van der Waals surface area contributed by atoms with Gasteiger partial charge in [-0.05, 0) is 38.3 Å². The monoisotopic (exact) mass is 299 g/mol. The predicted molar refractivity (Wildman–Crippen MR) is 85.3 cm³/mol. The SMILES string of the molecule is CC(N)CCC(=O)Nc1cccc(-c2n[nH]c(C3CC3)n2)c1. The Morgan fingerprint density at radius 2 is 2.32 bits per heavy atom. The molecule has 1 atom stereocenters. The number of aromatic nitrogens is 3. The maximum atomic E-state index is 11.9. The van der Waals surface area contributed by atoms with Crippen LogP contribution in [0.15, 0.2) is 24.3 Å². The van der Waals surface area contributed by atoms with E-state index < -0.39 is 0 Å². The lowest BCUT2D eigenvalue weighted by Gasteiger charge is -2.07. The van der Waals surface area contributed by atoms with Crippen molar-refractivity contribution in [2.24, 2.45) is 5.73 Å². The van der Waals surface area contributed by atoms with Crippen molar-refractivity contribution in [3.05, 3.63) is 30.1 Å². The van der Waals surface area contributed by atoms with Gasteiger partial charge < -0.3 is 11.1 Å². The second kappa shape index (κ2) is 6.27. The zero-order valence-corrected chi connectivity index (χ0v) is 12.7. The summed E-state index contributed by atoms with van der Waals surface area (Å²) in [7, 11) is 0. The Kier molecular flexibility index (Phi) is 4.20. The van der Waals surface area contributed by atoms with E-state index in [1.54, 1.807) is 0 Å². The number of H-pyrrole nitrogens is 1. The first-order valence-electron chi connectivity index (χ1n) is 7.70. The summed E-state index contributed by atoms with van der Waals surface area (Å²) in [6, 6.07) is 7.62. The molecule has 0 spiro atoms. The first-order valence-corrected chi connectivity index (χ1v) is 7.70. The van der Waals surface area contributed by atoms with E-state index in [1.165, 1.54) is 12.8 Å². The highest BCUT2D eigenvalue weighted by molar-refractivity contribution is 5.91. The third-order valence-electron chi connectivity index (χ3n) is 3.70. The van der Waals surface area contributed by atoms with Gasteiger partial charge in [0.05, 0.1) is 0 Å². The van der Waals surface area contributed by atoms with Crippen LogP contribution in [0.5, 0.6) is 0 Å². The number of nitrogens with two attached hydrogens (primary N) is 1. The van der Waals surface area contributed by atoms with Gasteiger partial charge >= 0.3 is 0 Å². The molecule has 1 saturated carbocycles. The molecule has 1 aliphatic carbocycles. The number of benzene rings is 1. The van der Waals surface area contributed by atoms with Gasteiger partial charge in [0.15, 0.2) is 5.82 Å². The number of nitrogens with zero attached hydrogens (tertiary/aromatic N) is 2. The summed E-state index contributed by atoms with van der Waals surface area (Å²) in [5.74, 6) is 2.15. The lowest BCUT2D eigenvalue weighted by atomic mass is 10.1. The summed E-state index contributed by atoms with van der Waals surface area (Å²) < 4.78 is 0. The number of nitrogens with one attached hydrogen (secondary N) is 2. The molecule has 4 N–H and O–H groups in total. The van der Waals surface area contributed by atoms with Crippen molar-refractivity contribution >= 4 is 11.6 Å². The van der Waals surface area contributed by atoms with Crippen LogP contribution < -0.4 is 11.1 Å². The maximum absolute atomic E-state index is 11.9. The van der Waals surface area contributed by atoms with Crippen LogP contribution in [0.4, 0.5) is 5.69 Å². The smallest absolute Gasteiger partial charge is 0.224 e. The first kappa shape index (κ1) is 14.7. The number of hydrogen-bond acceptors (Lipinski definition) is 4. The quantitative estimate of drug-likeness (QED) is 0.763. The van der Waals surface area contributed by atoms with Gasteiger partial charge in [-0.1, -0.05) is 12.1 Å². The van der Waals surface area contributed by atoms with Gasteiger partial charge in [0.25, 0.3) is 0 Å². The van der Waals surface area contributed by atoms with Gasteiger partial charge in [-0.15, -0.1) is 0 Å². The maximum Gasteiger partial charge on any atom is 0.224 e. The second-order valence-corrected chi connectivity index (χ2v) is 5.96. The van der Waals surface area contributed by atoms with E-state index in [4.69, 9.17) is 5.73 Å². The molecule has 1 aromatic carbocycles. The van der Waals surface area contributed by atoms with Gasteiger partial charge in [0, 0.05) is 29.6 Å². The molecule has 1 fully saturated rings. The number of amides is 1. The van der Waals surface area contributed by atoms with Gasteiger partial charge in [-0.25, -0.2) is 4.98 Å². The Morgan fingerprint density at radius 1 is 1.50 bits per heavy atom. The molecular weight excluding hydrogens is 278 g/mol. The summed E-state index contributed by atoms with van der Waals surface area (Å²) in [6.45, 7) is 1.90. The van der Waals surface area contributed by atoms with E-state index >= 15 is 0 Å². The number of carbonyl (C=O) groups is 1. The molecular formula is C16H21N5O. The molecule has 116 valence electrons. The molecule has 1 aliphatic rings. The Labute approximate surface area is 129 Å². The fourth-order valence-corrected chi connectivity index (χ4v) is 2.26. The molecule has 6 nitrogen and oxygen atoms in total. The summed E-state index contributed by atoms with van der Waals surface area (Å²) in [5.41, 5.74) is 7.32. The number of hydrogen-bond donors (Lipinski definition) is 3. The molecule has 0 aliphatic heterocycles. The van der Waals surface area contributed by atoms with Crippen LogP contribution in [0.2, 0.25) is 0 Å². The van der Waals surface area contributed by atoms with Crippen molar-refractivity contribution in [2.75, 3.05) is 5.32 Å². The van der Waals surface area contributed by atoms with Crippen molar-refractivity contribution in [3.8, 4) is 11.4 Å². The van der Waals surface area contributed by atoms with Crippen molar-refractivity contribution < 1.29 is 4.79 Å². The van der Waals surface area contributed by atoms with Gasteiger partial charge in [0.2, 0.25) is 5.91 Å². The molecule has 2 aromatic rings. The van der Waals surface area contributed by atoms with Gasteiger partial charge in [0.1, 0.15) is 5.82 Å². The average molecular weight is 299 g/mol. The number of anilines is 1. The van der Waals surface area contributed by atoms with Crippen LogP contribution in [0, 0.1) is 0 Å². The third-order valence-corrected chi connectivity index (χ3v) is 3.70. The van der Waals surface area contributed by atoms with Crippen LogP contribution in [-0.4, -0.2) is 27.1 Å². The van der Waals surface area contributed by atoms with Crippen LogP contribution in [0.3, 0.4) is 0 Å². The van der Waals surface area contributed by atoms with Crippen LogP contribution >= 0.6 is 0 Å². The second-order valence-electron chi connectivity index (χ2n) is 5.96. The van der Waals surface area contributed by atoms with Gasteiger partial charge in [-0.3, -0.25) is 9.89 Å². The van der Waals surface area contributed by atoms with E-state index in [0.717, 1.165) is 17.1 Å². The van der Waals surface area contributed by atoms with Crippen molar-refractivity contribution in [1.29, 1.82) is 0 Å². The minimum absolute atomic E-state index is 0.0249. The largest absolute Gasteiger partial charge is 0.328 e. The first-order chi connectivity index (χ1) is 10.6. The summed E-state index contributed by atoms with van der Waals surface area (Å²) in [6.07, 6.45) is 3.47. The van der Waals surface area contributed by atoms with Crippen molar-refractivity contribution in [1.82, 2.24) is 15.2 Å². The number of aromatic amines is 1. The molecule has 0 bridgehead atoms. The fraction of sp³-hybridized carbons (Fsp3) is 0.438. The van der Waals surface area contributed by atoms with Crippen molar-refractivity contribution in [2.45, 2.75) is 44.6 Å². The molecule has 3 rings (SSSR count). The fourth-order valence-electron chi connectivity index (χ4n) is 2.26. The Morgan fingerprint density at radius 3 is 3.05 bits per heavy atom. The molecule has 0 radical (unpaired) electrons. The lowest BCUT2D eigenvalue weighted by molar-refractivity contribution is -0.116. The number of carbonyl (C=O) groups excluding carboxylic acids is 1. The van der Waals surface area contributed by atoms with E-state index in [1.807, 2.05) is 31.2 Å². The third kappa shape index (κ3) is 3.71. The standard InChI is InChI=1S/C16H21N5O/c1-10(17)5-8-14(22)18-13-4-2-3-12(9-13)16-19-15(20-21-16)11-6-7-11/h2-4,9-11H,5-8,17H2,1H3,(H,18,22)(H,19,20,21). The highest BCUT2D eigenvalue weighted by atomic mass is 16.1. The number of rotatable bonds is 6. The van der Waals surface area contributed by atoms with Crippen molar-refractivity contribution in [3.63, 3.8) is 0 Å². The topological polar surface area (TPSA) is 96.7 Å². The van der Waals surface area contributed by atoms with E-state index in [9.17, 15) is 4.79 Å². The normalized spacial score (nSPS) is 15.5. The summed E-state index contributed by atoms with van der Waals surface area (Å²) in [5, 5.41) is 10.1. The minimum Gasteiger partial charge on any atom is -0.328 e. The summed E-state index contributed by atoms with van der Waals surface area (Å²) >= 11 is 0. The molecule has 22 heavy (non-hydrogen) atoms. The highest BCUT2D eigenvalue weighted by Crippen LogP contribution is 2.38. The molecule has 1 unspecified atom stereocenters. The van der Waals surface area contributed by atoms with E-state index in [0.29, 0.717) is 24.6 Å². The molecule has 1 amide bonds. The molecule has 6 heteroatoms. The lowest BCUT2D eigenvalue weighted by Crippen LogP contribution is -2.19. The Bertz CT molecular complexity index is 660. The average Bonchev–Trinajstić information content (AvgIpc) is 3.23. The van der Waals surface area contributed by atoms with Crippen LogP contribution in [0.25, 0.3) is 11.4 Å². The zero-order valence-electron chi connectivity index (χ0n) is 12.7. The Balaban J connectivity index is 1.67. The minimum atomic E-state index is -0.0249. The Hall–Kier alpha value is -2.21. The van der Waals surface area contributed by atoms with Gasteiger partial charge in [-0.2, -0.15) is 5.10 Å². The van der Waals surface area contributed by atoms with Crippen LogP contribution in [-0.2, 0) is 4.79 Å². The molecule has 0 saturated heterocycles. The zero-order chi connectivity index (χ0) is 15.5.